The number of likely N-dealkylation sites (tertiary alicyclic amines) is 2. The number of carbonyl (C=O) groups is 1. The molecule has 0 aromatic heterocycles. The van der Waals surface area contributed by atoms with Crippen molar-refractivity contribution in [3.63, 3.8) is 0 Å². The molecule has 1 atom stereocenters. The summed E-state index contributed by atoms with van der Waals surface area (Å²) in [6.45, 7) is 3.41. The first-order valence-corrected chi connectivity index (χ1v) is 9.12. The van der Waals surface area contributed by atoms with Crippen LogP contribution in [0.15, 0.2) is 0 Å². The molecule has 5 nitrogen and oxygen atoms in total. The molecule has 26 heavy (non-hydrogen) atoms. The Morgan fingerprint density at radius 2 is 1.77 bits per heavy atom. The van der Waals surface area contributed by atoms with Crippen molar-refractivity contribution in [1.29, 1.82) is 0 Å². The lowest BCUT2D eigenvalue weighted by Crippen LogP contribution is -2.62. The van der Waals surface area contributed by atoms with Crippen LogP contribution in [0.5, 0.6) is 0 Å². The largest absolute Gasteiger partial charge is 0.466 e. The molecule has 154 valence electrons. The van der Waals surface area contributed by atoms with Gasteiger partial charge >= 0.3 is 5.97 Å². The van der Waals surface area contributed by atoms with Gasteiger partial charge < -0.3 is 9.47 Å². The highest BCUT2D eigenvalue weighted by atomic mass is 35.5. The molecule has 0 N–H and O–H groups in total. The molecule has 0 bridgehead atoms. The lowest BCUT2D eigenvalue weighted by atomic mass is 9.87. The number of carbonyl (C=O) groups excluding carboxylic acids is 1. The van der Waals surface area contributed by atoms with Gasteiger partial charge in [-0.1, -0.05) is 0 Å². The second-order valence-corrected chi connectivity index (χ2v) is 7.22. The predicted molar refractivity (Wildman–Crippen MR) is 99.1 cm³/mol. The van der Waals surface area contributed by atoms with Gasteiger partial charge in [0.2, 0.25) is 0 Å². The molecule has 3 aliphatic rings. The lowest BCUT2D eigenvalue weighted by molar-refractivity contribution is -0.175. The minimum Gasteiger partial charge on any atom is -0.466 e. The number of ether oxygens (including phenoxy) is 2. The number of esters is 1. The highest BCUT2D eigenvalue weighted by Crippen LogP contribution is 2.34. The summed E-state index contributed by atoms with van der Waals surface area (Å²) in [6, 6.07) is 0. The maximum Gasteiger partial charge on any atom is 0.308 e. The topological polar surface area (TPSA) is 42.0 Å². The number of nitrogens with zero attached hydrogens (tertiary/aromatic N) is 2. The van der Waals surface area contributed by atoms with Gasteiger partial charge in [0.1, 0.15) is 6.73 Å². The fraction of sp³-hybridized carbons (Fsp3) is 0.941. The van der Waals surface area contributed by atoms with Gasteiger partial charge in [0.05, 0.1) is 37.9 Å². The van der Waals surface area contributed by atoms with Crippen LogP contribution < -0.4 is 0 Å². The predicted octanol–water partition coefficient (Wildman–Crippen LogP) is 3.30. The molecule has 1 aliphatic carbocycles. The quantitative estimate of drug-likeness (QED) is 0.619. The van der Waals surface area contributed by atoms with Crippen LogP contribution in [-0.2, 0) is 14.3 Å². The van der Waals surface area contributed by atoms with Crippen molar-refractivity contribution in [3.8, 4) is 0 Å². The fourth-order valence-electron chi connectivity index (χ4n) is 4.06. The Morgan fingerprint density at radius 3 is 2.35 bits per heavy atom. The van der Waals surface area contributed by atoms with E-state index in [1.54, 1.807) is 0 Å². The molecule has 2 aliphatic heterocycles. The van der Waals surface area contributed by atoms with Gasteiger partial charge in [-0.3, -0.25) is 14.6 Å². The maximum atomic E-state index is 13.1. The van der Waals surface area contributed by atoms with Crippen molar-refractivity contribution < 1.29 is 23.0 Å². The SMILES string of the molecule is CCOC(=O)C1CCC(OCN2CCCC2N2CC(F)(F)C2)CC1.Cl.Cl. The van der Waals surface area contributed by atoms with Crippen LogP contribution in [0.2, 0.25) is 0 Å². The zero-order valence-corrected chi connectivity index (χ0v) is 16.8. The monoisotopic (exact) mass is 418 g/mol. The summed E-state index contributed by atoms with van der Waals surface area (Å²) >= 11 is 0. The standard InChI is InChI=1S/C17H28F2N2O3.2ClH/c1-2-23-16(22)13-5-7-14(8-6-13)24-12-20-9-3-4-15(20)21-10-17(18,19)11-21;;/h13-15H,2-12H2,1H3;2*1H. The van der Waals surface area contributed by atoms with Crippen LogP contribution >= 0.6 is 24.8 Å². The van der Waals surface area contributed by atoms with Crippen LogP contribution in [0.25, 0.3) is 0 Å². The summed E-state index contributed by atoms with van der Waals surface area (Å²) < 4.78 is 37.2. The zero-order valence-electron chi connectivity index (χ0n) is 15.2. The van der Waals surface area contributed by atoms with Gasteiger partial charge in [0.15, 0.2) is 0 Å². The second-order valence-electron chi connectivity index (χ2n) is 7.22. The number of alkyl halides is 2. The van der Waals surface area contributed by atoms with E-state index in [1.165, 1.54) is 0 Å². The maximum absolute atomic E-state index is 13.1. The Hall–Kier alpha value is -0.210. The number of rotatable bonds is 6. The Balaban J connectivity index is 0.00000169. The first-order valence-electron chi connectivity index (χ1n) is 9.12. The van der Waals surface area contributed by atoms with Crippen LogP contribution in [0.3, 0.4) is 0 Å². The summed E-state index contributed by atoms with van der Waals surface area (Å²) in [4.78, 5) is 15.8. The van der Waals surface area contributed by atoms with Crippen molar-refractivity contribution in [3.05, 3.63) is 0 Å². The van der Waals surface area contributed by atoms with Crippen molar-refractivity contribution in [2.24, 2.45) is 5.92 Å². The number of hydrogen-bond acceptors (Lipinski definition) is 5. The first kappa shape index (κ1) is 23.8. The molecule has 0 radical (unpaired) electrons. The molecule has 2 saturated heterocycles. The molecular formula is C17H30Cl2F2N2O3. The zero-order chi connectivity index (χ0) is 17.2. The number of hydrogen-bond donors (Lipinski definition) is 0. The van der Waals surface area contributed by atoms with Gasteiger partial charge in [0, 0.05) is 6.54 Å². The molecule has 3 fully saturated rings. The minimum absolute atomic E-state index is 0. The van der Waals surface area contributed by atoms with E-state index in [-0.39, 0.29) is 62.1 Å². The first-order chi connectivity index (χ1) is 11.5. The van der Waals surface area contributed by atoms with E-state index >= 15 is 0 Å². The highest BCUT2D eigenvalue weighted by Gasteiger charge is 2.48. The molecule has 0 amide bonds. The molecule has 0 aromatic carbocycles. The summed E-state index contributed by atoms with van der Waals surface area (Å²) in [5.74, 6) is -2.59. The summed E-state index contributed by atoms with van der Waals surface area (Å²) in [5, 5.41) is 0. The minimum atomic E-state index is -2.51. The third-order valence-corrected chi connectivity index (χ3v) is 5.39. The van der Waals surface area contributed by atoms with Crippen molar-refractivity contribution >= 4 is 30.8 Å². The van der Waals surface area contributed by atoms with E-state index in [0.29, 0.717) is 13.3 Å². The van der Waals surface area contributed by atoms with E-state index in [0.717, 1.165) is 45.1 Å². The summed E-state index contributed by atoms with van der Waals surface area (Å²) in [5.41, 5.74) is 0. The van der Waals surface area contributed by atoms with E-state index in [4.69, 9.17) is 9.47 Å². The molecule has 0 spiro atoms. The van der Waals surface area contributed by atoms with Crippen LogP contribution in [0.1, 0.15) is 45.4 Å². The Bertz CT molecular complexity index is 444. The van der Waals surface area contributed by atoms with E-state index in [9.17, 15) is 13.6 Å². The second kappa shape index (κ2) is 10.4. The third-order valence-electron chi connectivity index (χ3n) is 5.39. The lowest BCUT2D eigenvalue weighted by Gasteiger charge is -2.45. The average Bonchev–Trinajstić information content (AvgIpc) is 2.99. The summed E-state index contributed by atoms with van der Waals surface area (Å²) in [6.07, 6.45) is 5.58. The molecule has 9 heteroatoms. The van der Waals surface area contributed by atoms with Crippen molar-refractivity contribution in [2.75, 3.05) is 33.0 Å². The van der Waals surface area contributed by atoms with Gasteiger partial charge in [-0.2, -0.15) is 0 Å². The molecule has 1 unspecified atom stereocenters. The van der Waals surface area contributed by atoms with Crippen LogP contribution in [0, 0.1) is 5.92 Å². The molecule has 3 rings (SSSR count). The van der Waals surface area contributed by atoms with Crippen LogP contribution in [-0.4, -0.2) is 66.9 Å². The van der Waals surface area contributed by atoms with Crippen molar-refractivity contribution in [2.45, 2.75) is 63.6 Å². The highest BCUT2D eigenvalue weighted by molar-refractivity contribution is 5.85. The smallest absolute Gasteiger partial charge is 0.308 e. The summed E-state index contributed by atoms with van der Waals surface area (Å²) in [7, 11) is 0. The Morgan fingerprint density at radius 1 is 1.12 bits per heavy atom. The van der Waals surface area contributed by atoms with E-state index in [1.807, 2.05) is 11.8 Å². The van der Waals surface area contributed by atoms with Gasteiger partial charge in [-0.15, -0.1) is 24.8 Å². The third kappa shape index (κ3) is 5.89. The van der Waals surface area contributed by atoms with Gasteiger partial charge in [0.25, 0.3) is 5.92 Å². The molecule has 1 saturated carbocycles. The normalized spacial score (nSPS) is 31.4. The van der Waals surface area contributed by atoms with Gasteiger partial charge in [-0.05, 0) is 45.4 Å². The average molecular weight is 419 g/mol. The molecule has 0 aromatic rings. The van der Waals surface area contributed by atoms with Crippen molar-refractivity contribution in [1.82, 2.24) is 9.80 Å². The molecule has 2 heterocycles. The van der Waals surface area contributed by atoms with Crippen LogP contribution in [0.4, 0.5) is 8.78 Å². The number of halogens is 4. The fourth-order valence-corrected chi connectivity index (χ4v) is 4.06. The Labute approximate surface area is 166 Å². The van der Waals surface area contributed by atoms with E-state index in [2.05, 4.69) is 4.90 Å². The van der Waals surface area contributed by atoms with Gasteiger partial charge in [-0.25, -0.2) is 8.78 Å². The van der Waals surface area contributed by atoms with E-state index < -0.39 is 5.92 Å². The molecular weight excluding hydrogens is 389 g/mol. The Kier molecular flexibility index (Phi) is 9.50.